The molecule has 0 aromatic carbocycles. The van der Waals surface area contributed by atoms with Gasteiger partial charge in [-0.2, -0.15) is 0 Å². The Balaban J connectivity index is 3.06. The summed E-state index contributed by atoms with van der Waals surface area (Å²) in [6, 6.07) is 0. The molecule has 14 heavy (non-hydrogen) atoms. The Morgan fingerprint density at radius 3 is 2.64 bits per heavy atom. The smallest absolute Gasteiger partial charge is 0.314 e. The van der Waals surface area contributed by atoms with Crippen molar-refractivity contribution in [2.45, 2.75) is 19.8 Å². The van der Waals surface area contributed by atoms with Gasteiger partial charge in [0.05, 0.1) is 18.7 Å². The third-order valence-corrected chi connectivity index (χ3v) is 2.16. The molecule has 5 heteroatoms. The van der Waals surface area contributed by atoms with Crippen LogP contribution in [0.15, 0.2) is 4.52 Å². The van der Waals surface area contributed by atoms with Crippen LogP contribution >= 0.6 is 0 Å². The van der Waals surface area contributed by atoms with Crippen LogP contribution in [0.3, 0.4) is 0 Å². The van der Waals surface area contributed by atoms with Gasteiger partial charge in [0.15, 0.2) is 0 Å². The zero-order valence-corrected chi connectivity index (χ0v) is 8.53. The van der Waals surface area contributed by atoms with Crippen molar-refractivity contribution in [3.05, 3.63) is 17.0 Å². The molecule has 0 amide bonds. The average molecular weight is 198 g/mol. The van der Waals surface area contributed by atoms with Crippen molar-refractivity contribution >= 4 is 5.97 Å². The quantitative estimate of drug-likeness (QED) is 0.716. The van der Waals surface area contributed by atoms with Gasteiger partial charge in [-0.3, -0.25) is 4.79 Å². The zero-order valence-electron chi connectivity index (χ0n) is 8.53. The van der Waals surface area contributed by atoms with Crippen LogP contribution in [0.25, 0.3) is 0 Å². The lowest BCUT2D eigenvalue weighted by Gasteiger charge is -2.11. The number of nitrogens with zero attached hydrogens (tertiary/aromatic N) is 1. The molecule has 0 aliphatic rings. The fourth-order valence-corrected chi connectivity index (χ4v) is 1.46. The highest BCUT2D eigenvalue weighted by atomic mass is 16.5. The Kier molecular flexibility index (Phi) is 3.24. The summed E-state index contributed by atoms with van der Waals surface area (Å²) in [6.45, 7) is 3.72. The molecule has 0 saturated carbocycles. The third kappa shape index (κ3) is 1.77. The summed E-state index contributed by atoms with van der Waals surface area (Å²) in [5.41, 5.74) is 6.93. The number of aromatic nitrogens is 1. The molecule has 0 saturated heterocycles. The van der Waals surface area contributed by atoms with Crippen LogP contribution in [0.4, 0.5) is 0 Å². The Morgan fingerprint density at radius 1 is 1.64 bits per heavy atom. The predicted octanol–water partition coefficient (Wildman–Crippen LogP) is 0.507. The zero-order chi connectivity index (χ0) is 10.7. The molecule has 1 aromatic rings. The highest BCUT2D eigenvalue weighted by Crippen LogP contribution is 2.23. The second-order valence-corrected chi connectivity index (χ2v) is 3.05. The van der Waals surface area contributed by atoms with Gasteiger partial charge in [-0.15, -0.1) is 0 Å². The van der Waals surface area contributed by atoms with E-state index in [1.54, 1.807) is 13.8 Å². The Labute approximate surface area is 82.2 Å². The summed E-state index contributed by atoms with van der Waals surface area (Å²) in [6.07, 6.45) is 0. The van der Waals surface area contributed by atoms with Gasteiger partial charge in [-0.05, 0) is 13.8 Å². The molecule has 5 nitrogen and oxygen atoms in total. The average Bonchev–Trinajstić information content (AvgIpc) is 2.50. The number of carbonyl (C=O) groups excluding carboxylic acids is 1. The molecule has 0 radical (unpaired) electrons. The molecule has 1 heterocycles. The minimum Gasteiger partial charge on any atom is -0.469 e. The number of aryl methyl sites for hydroxylation is 2. The van der Waals surface area contributed by atoms with Crippen molar-refractivity contribution in [3.8, 4) is 0 Å². The molecule has 0 aliphatic carbocycles. The molecule has 1 atom stereocenters. The molecule has 1 rings (SSSR count). The summed E-state index contributed by atoms with van der Waals surface area (Å²) in [5.74, 6) is -0.225. The first-order valence-electron chi connectivity index (χ1n) is 4.32. The van der Waals surface area contributed by atoms with Crippen LogP contribution < -0.4 is 5.73 Å². The maximum Gasteiger partial charge on any atom is 0.314 e. The van der Waals surface area contributed by atoms with E-state index in [1.165, 1.54) is 7.11 Å². The number of ether oxygens (including phenoxy) is 1. The maximum absolute atomic E-state index is 11.4. The van der Waals surface area contributed by atoms with Gasteiger partial charge in [0.1, 0.15) is 5.76 Å². The van der Waals surface area contributed by atoms with Crippen molar-refractivity contribution in [2.24, 2.45) is 5.73 Å². The van der Waals surface area contributed by atoms with Crippen LogP contribution in [0, 0.1) is 13.8 Å². The predicted molar refractivity (Wildman–Crippen MR) is 49.8 cm³/mol. The van der Waals surface area contributed by atoms with Gasteiger partial charge in [-0.1, -0.05) is 5.16 Å². The fraction of sp³-hybridized carbons (Fsp3) is 0.556. The number of rotatable bonds is 3. The Morgan fingerprint density at radius 2 is 2.29 bits per heavy atom. The summed E-state index contributed by atoms with van der Waals surface area (Å²) in [4.78, 5) is 11.4. The molecule has 1 unspecified atom stereocenters. The molecular weight excluding hydrogens is 184 g/mol. The number of methoxy groups -OCH3 is 1. The van der Waals surface area contributed by atoms with Crippen molar-refractivity contribution in [1.29, 1.82) is 0 Å². The fourth-order valence-electron chi connectivity index (χ4n) is 1.46. The van der Waals surface area contributed by atoms with E-state index in [1.807, 2.05) is 0 Å². The van der Waals surface area contributed by atoms with Crippen LogP contribution in [0.5, 0.6) is 0 Å². The monoisotopic (exact) mass is 198 g/mol. The first kappa shape index (κ1) is 10.7. The van der Waals surface area contributed by atoms with Gasteiger partial charge < -0.3 is 15.0 Å². The van der Waals surface area contributed by atoms with E-state index in [2.05, 4.69) is 9.89 Å². The van der Waals surface area contributed by atoms with Crippen molar-refractivity contribution in [2.75, 3.05) is 13.7 Å². The lowest BCUT2D eigenvalue weighted by molar-refractivity contribution is -0.142. The van der Waals surface area contributed by atoms with Gasteiger partial charge in [0.2, 0.25) is 0 Å². The van der Waals surface area contributed by atoms with Gasteiger partial charge in [0.25, 0.3) is 0 Å². The minimum atomic E-state index is -0.480. The van der Waals surface area contributed by atoms with Crippen LogP contribution in [-0.2, 0) is 9.53 Å². The van der Waals surface area contributed by atoms with Gasteiger partial charge in [-0.25, -0.2) is 0 Å². The lowest BCUT2D eigenvalue weighted by Crippen LogP contribution is -2.23. The molecular formula is C9H14N2O3. The third-order valence-electron chi connectivity index (χ3n) is 2.16. The van der Waals surface area contributed by atoms with Crippen LogP contribution in [0.2, 0.25) is 0 Å². The summed E-state index contributed by atoms with van der Waals surface area (Å²) < 4.78 is 9.61. The highest BCUT2D eigenvalue weighted by Gasteiger charge is 2.26. The van der Waals surface area contributed by atoms with E-state index in [0.29, 0.717) is 11.5 Å². The van der Waals surface area contributed by atoms with E-state index in [0.717, 1.165) is 5.56 Å². The van der Waals surface area contributed by atoms with Crippen LogP contribution in [0.1, 0.15) is 22.9 Å². The van der Waals surface area contributed by atoms with Crippen molar-refractivity contribution in [3.63, 3.8) is 0 Å². The molecule has 0 fully saturated rings. The molecule has 0 bridgehead atoms. The molecule has 0 spiro atoms. The molecule has 1 aromatic heterocycles. The Hall–Kier alpha value is -1.36. The number of hydrogen-bond donors (Lipinski definition) is 1. The second-order valence-electron chi connectivity index (χ2n) is 3.05. The summed E-state index contributed by atoms with van der Waals surface area (Å²) >= 11 is 0. The minimum absolute atomic E-state index is 0.190. The summed E-state index contributed by atoms with van der Waals surface area (Å²) in [7, 11) is 1.34. The normalized spacial score (nSPS) is 12.6. The van der Waals surface area contributed by atoms with Crippen LogP contribution in [-0.4, -0.2) is 24.8 Å². The van der Waals surface area contributed by atoms with E-state index >= 15 is 0 Å². The topological polar surface area (TPSA) is 78.4 Å². The van der Waals surface area contributed by atoms with E-state index < -0.39 is 5.92 Å². The van der Waals surface area contributed by atoms with Gasteiger partial charge in [0, 0.05) is 12.1 Å². The van der Waals surface area contributed by atoms with Crippen molar-refractivity contribution < 1.29 is 14.1 Å². The maximum atomic E-state index is 11.4. The SMILES string of the molecule is COC(=O)C(CN)c1c(C)noc1C. The number of carbonyl (C=O) groups is 1. The first-order valence-corrected chi connectivity index (χ1v) is 4.32. The molecule has 2 N–H and O–H groups in total. The van der Waals surface area contributed by atoms with Crippen molar-refractivity contribution in [1.82, 2.24) is 5.16 Å². The second kappa shape index (κ2) is 4.23. The first-order chi connectivity index (χ1) is 6.61. The van der Waals surface area contributed by atoms with E-state index in [-0.39, 0.29) is 12.5 Å². The number of esters is 1. The highest BCUT2D eigenvalue weighted by molar-refractivity contribution is 5.78. The number of hydrogen-bond acceptors (Lipinski definition) is 5. The lowest BCUT2D eigenvalue weighted by atomic mass is 9.98. The number of nitrogens with two attached hydrogens (primary N) is 1. The van der Waals surface area contributed by atoms with Gasteiger partial charge >= 0.3 is 5.97 Å². The Bertz CT molecular complexity index is 313. The summed E-state index contributed by atoms with van der Waals surface area (Å²) in [5, 5.41) is 3.76. The largest absolute Gasteiger partial charge is 0.469 e. The molecule has 0 aliphatic heterocycles. The standard InChI is InChI=1S/C9H14N2O3/c1-5-8(6(2)14-11-5)7(4-10)9(12)13-3/h7H,4,10H2,1-3H3. The molecule has 78 valence electrons. The van der Waals surface area contributed by atoms with E-state index in [9.17, 15) is 4.79 Å². The van der Waals surface area contributed by atoms with E-state index in [4.69, 9.17) is 10.3 Å².